The first-order valence-corrected chi connectivity index (χ1v) is 11.0. The zero-order valence-corrected chi connectivity index (χ0v) is 15.7. The average molecular weight is 363 g/mol. The predicted octanol–water partition coefficient (Wildman–Crippen LogP) is 1.21. The lowest BCUT2D eigenvalue weighted by molar-refractivity contribution is 0.566. The number of benzene rings is 1. The maximum absolute atomic E-state index is 11.8. The minimum atomic E-state index is -3.25. The molecule has 0 spiro atoms. The van der Waals surface area contributed by atoms with Crippen molar-refractivity contribution >= 4 is 20.0 Å². The minimum Gasteiger partial charge on any atom is -0.215 e. The van der Waals surface area contributed by atoms with Crippen molar-refractivity contribution in [2.24, 2.45) is 0 Å². The molecule has 1 aromatic rings. The summed E-state index contributed by atoms with van der Waals surface area (Å²) in [6, 6.07) is 7.77. The maximum atomic E-state index is 11.8. The fraction of sp³-hybridized carbons (Fsp3) is 0.600. The second kappa shape index (κ2) is 8.23. The molecule has 2 N–H and O–H groups in total. The zero-order valence-electron chi connectivity index (χ0n) is 14.0. The lowest BCUT2D eigenvalue weighted by Crippen LogP contribution is -2.33. The number of nitrogens with one attached hydrogen (secondary N) is 2. The van der Waals surface area contributed by atoms with Crippen LogP contribution in [0.4, 0.5) is 0 Å². The van der Waals surface area contributed by atoms with E-state index in [2.05, 4.69) is 9.44 Å². The van der Waals surface area contributed by atoms with Crippen LogP contribution in [0.15, 0.2) is 24.3 Å². The van der Waals surface area contributed by atoms with E-state index in [0.717, 1.165) is 17.4 Å². The SMILES string of the molecule is CC(CNS(=O)(=O)C(C)C)c1ccc(CCNS(C)(=O)=O)cc1. The molecule has 1 unspecified atom stereocenters. The summed E-state index contributed by atoms with van der Waals surface area (Å²) in [6.07, 6.45) is 1.75. The molecular formula is C15H26N2O4S2. The van der Waals surface area contributed by atoms with Gasteiger partial charge in [0.25, 0.3) is 0 Å². The average Bonchev–Trinajstić information content (AvgIpc) is 2.44. The number of hydrogen-bond acceptors (Lipinski definition) is 4. The second-order valence-corrected chi connectivity index (χ2v) is 10.2. The number of rotatable bonds is 9. The van der Waals surface area contributed by atoms with Crippen LogP contribution in [0.1, 0.15) is 37.8 Å². The first-order chi connectivity index (χ1) is 10.5. The van der Waals surface area contributed by atoms with Crippen LogP contribution in [-0.2, 0) is 26.5 Å². The van der Waals surface area contributed by atoms with E-state index in [1.165, 1.54) is 0 Å². The fourth-order valence-electron chi connectivity index (χ4n) is 1.92. The molecule has 0 aliphatic rings. The van der Waals surface area contributed by atoms with E-state index < -0.39 is 25.3 Å². The van der Waals surface area contributed by atoms with Gasteiger partial charge in [-0.15, -0.1) is 0 Å². The van der Waals surface area contributed by atoms with Crippen LogP contribution >= 0.6 is 0 Å². The quantitative estimate of drug-likeness (QED) is 0.691. The summed E-state index contributed by atoms with van der Waals surface area (Å²) >= 11 is 0. The predicted molar refractivity (Wildman–Crippen MR) is 93.5 cm³/mol. The summed E-state index contributed by atoms with van der Waals surface area (Å²) in [7, 11) is -6.41. The van der Waals surface area contributed by atoms with Gasteiger partial charge in [0.1, 0.15) is 0 Å². The Morgan fingerprint density at radius 1 is 0.957 bits per heavy atom. The lowest BCUT2D eigenvalue weighted by atomic mass is 9.99. The van der Waals surface area contributed by atoms with Gasteiger partial charge < -0.3 is 0 Å². The van der Waals surface area contributed by atoms with Crippen molar-refractivity contribution in [2.75, 3.05) is 19.3 Å². The van der Waals surface area contributed by atoms with Crippen LogP contribution in [0.5, 0.6) is 0 Å². The van der Waals surface area contributed by atoms with Crippen LogP contribution in [0.3, 0.4) is 0 Å². The van der Waals surface area contributed by atoms with E-state index in [1.54, 1.807) is 13.8 Å². The molecule has 0 saturated carbocycles. The van der Waals surface area contributed by atoms with Gasteiger partial charge in [-0.1, -0.05) is 31.2 Å². The van der Waals surface area contributed by atoms with Crippen LogP contribution in [0, 0.1) is 0 Å². The molecular weight excluding hydrogens is 336 g/mol. The molecule has 132 valence electrons. The molecule has 0 aliphatic heterocycles. The highest BCUT2D eigenvalue weighted by atomic mass is 32.2. The van der Waals surface area contributed by atoms with Gasteiger partial charge >= 0.3 is 0 Å². The van der Waals surface area contributed by atoms with Crippen molar-refractivity contribution in [3.63, 3.8) is 0 Å². The normalized spacial score (nSPS) is 14.1. The molecule has 0 bridgehead atoms. The Kier molecular flexibility index (Phi) is 7.19. The van der Waals surface area contributed by atoms with Crippen molar-refractivity contribution in [1.29, 1.82) is 0 Å². The highest BCUT2D eigenvalue weighted by Gasteiger charge is 2.16. The van der Waals surface area contributed by atoms with Gasteiger partial charge in [0, 0.05) is 13.1 Å². The third-order valence-electron chi connectivity index (χ3n) is 3.54. The Hall–Kier alpha value is -0.960. The van der Waals surface area contributed by atoms with E-state index in [4.69, 9.17) is 0 Å². The lowest BCUT2D eigenvalue weighted by Gasteiger charge is -2.15. The third kappa shape index (κ3) is 7.43. The number of hydrogen-bond donors (Lipinski definition) is 2. The van der Waals surface area contributed by atoms with Crippen LogP contribution in [-0.4, -0.2) is 41.4 Å². The first-order valence-electron chi connectivity index (χ1n) is 7.53. The van der Waals surface area contributed by atoms with E-state index >= 15 is 0 Å². The standard InChI is InChI=1S/C15H26N2O4S2/c1-12(2)23(20,21)17-11-13(3)15-7-5-14(6-8-15)9-10-16-22(4,18)19/h5-8,12-13,16-17H,9-11H2,1-4H3. The van der Waals surface area contributed by atoms with Gasteiger partial charge in [-0.3, -0.25) is 0 Å². The monoisotopic (exact) mass is 362 g/mol. The minimum absolute atomic E-state index is 0.0618. The molecule has 1 rings (SSSR count). The van der Waals surface area contributed by atoms with Crippen molar-refractivity contribution in [1.82, 2.24) is 9.44 Å². The van der Waals surface area contributed by atoms with E-state index in [0.29, 0.717) is 19.5 Å². The molecule has 1 aromatic carbocycles. The molecule has 23 heavy (non-hydrogen) atoms. The van der Waals surface area contributed by atoms with Gasteiger partial charge in [0.15, 0.2) is 0 Å². The first kappa shape index (κ1) is 20.1. The molecule has 0 aliphatic carbocycles. The Bertz CT molecular complexity index is 695. The molecule has 0 amide bonds. The van der Waals surface area contributed by atoms with Gasteiger partial charge in [0.05, 0.1) is 11.5 Å². The van der Waals surface area contributed by atoms with Crippen molar-refractivity contribution < 1.29 is 16.8 Å². The molecule has 8 heteroatoms. The highest BCUT2D eigenvalue weighted by molar-refractivity contribution is 7.90. The van der Waals surface area contributed by atoms with Gasteiger partial charge in [-0.25, -0.2) is 26.3 Å². The Labute approximate surface area is 139 Å². The Morgan fingerprint density at radius 2 is 1.52 bits per heavy atom. The fourth-order valence-corrected chi connectivity index (χ4v) is 3.21. The second-order valence-electron chi connectivity index (χ2n) is 6.00. The summed E-state index contributed by atoms with van der Waals surface area (Å²) in [4.78, 5) is 0. The number of sulfonamides is 2. The molecule has 0 saturated heterocycles. The molecule has 1 atom stereocenters. The molecule has 0 aromatic heterocycles. The third-order valence-corrected chi connectivity index (χ3v) is 6.08. The molecule has 0 fully saturated rings. The van der Waals surface area contributed by atoms with Crippen LogP contribution < -0.4 is 9.44 Å². The zero-order chi connectivity index (χ0) is 17.7. The van der Waals surface area contributed by atoms with Crippen LogP contribution in [0.25, 0.3) is 0 Å². The van der Waals surface area contributed by atoms with Gasteiger partial charge in [0.2, 0.25) is 20.0 Å². The largest absolute Gasteiger partial charge is 0.215 e. The Morgan fingerprint density at radius 3 is 2.00 bits per heavy atom. The Balaban J connectivity index is 2.55. The summed E-state index contributed by atoms with van der Waals surface area (Å²) in [6.45, 7) is 5.97. The van der Waals surface area contributed by atoms with E-state index in [9.17, 15) is 16.8 Å². The maximum Gasteiger partial charge on any atom is 0.213 e. The van der Waals surface area contributed by atoms with Gasteiger partial charge in [-0.05, 0) is 37.3 Å². The molecule has 0 radical (unpaired) electrons. The topological polar surface area (TPSA) is 92.3 Å². The molecule has 0 heterocycles. The van der Waals surface area contributed by atoms with Crippen molar-refractivity contribution in [2.45, 2.75) is 38.4 Å². The summed E-state index contributed by atoms with van der Waals surface area (Å²) in [5, 5.41) is -0.445. The highest BCUT2D eigenvalue weighted by Crippen LogP contribution is 2.16. The summed E-state index contributed by atoms with van der Waals surface area (Å²) in [5.41, 5.74) is 2.07. The van der Waals surface area contributed by atoms with Crippen LogP contribution in [0.2, 0.25) is 0 Å². The van der Waals surface area contributed by atoms with Crippen molar-refractivity contribution in [3.05, 3.63) is 35.4 Å². The van der Waals surface area contributed by atoms with Crippen molar-refractivity contribution in [3.8, 4) is 0 Å². The van der Waals surface area contributed by atoms with Gasteiger partial charge in [-0.2, -0.15) is 0 Å². The summed E-state index contributed by atoms with van der Waals surface area (Å²) in [5.74, 6) is 0.0618. The smallest absolute Gasteiger partial charge is 0.213 e. The summed E-state index contributed by atoms with van der Waals surface area (Å²) < 4.78 is 50.6. The van der Waals surface area contributed by atoms with E-state index in [-0.39, 0.29) is 5.92 Å². The molecule has 6 nitrogen and oxygen atoms in total. The van der Waals surface area contributed by atoms with E-state index in [1.807, 2.05) is 31.2 Å².